The number of fused-ring (bicyclic) bond motifs is 1. The largest absolute Gasteiger partial charge is 0.618 e. The summed E-state index contributed by atoms with van der Waals surface area (Å²) in [5.74, 6) is 0.725. The van der Waals surface area contributed by atoms with E-state index in [9.17, 15) is 5.21 Å². The number of pyridine rings is 1. The van der Waals surface area contributed by atoms with Gasteiger partial charge in [-0.25, -0.2) is 0 Å². The summed E-state index contributed by atoms with van der Waals surface area (Å²) in [7, 11) is 0. The van der Waals surface area contributed by atoms with Gasteiger partial charge in [0.1, 0.15) is 0 Å². The van der Waals surface area contributed by atoms with Crippen molar-refractivity contribution in [3.63, 3.8) is 0 Å². The van der Waals surface area contributed by atoms with Crippen molar-refractivity contribution in [1.29, 1.82) is 0 Å². The molecule has 1 aromatic heterocycles. The van der Waals surface area contributed by atoms with Crippen LogP contribution in [0.25, 0.3) is 16.5 Å². The highest BCUT2D eigenvalue weighted by atomic mass is 16.5. The highest BCUT2D eigenvalue weighted by Crippen LogP contribution is 2.35. The maximum atomic E-state index is 12.4. The molecule has 0 saturated heterocycles. The lowest BCUT2D eigenvalue weighted by Crippen LogP contribution is -2.27. The first kappa shape index (κ1) is 17.0. The fraction of sp³-hybridized carbons (Fsp3) is 0.500. The van der Waals surface area contributed by atoms with Gasteiger partial charge in [-0.05, 0) is 47.1 Å². The summed E-state index contributed by atoms with van der Waals surface area (Å²) in [4.78, 5) is 0. The molecular formula is C22H29NO. The molecule has 1 saturated carbocycles. The lowest BCUT2D eigenvalue weighted by molar-refractivity contribution is -0.577. The first-order chi connectivity index (χ1) is 11.4. The molecule has 1 fully saturated rings. The second-order valence-corrected chi connectivity index (χ2v) is 8.36. The third kappa shape index (κ3) is 3.48. The minimum absolute atomic E-state index is 0.0532. The standard InChI is InChI=1S/C22H29NO/c1-16(13-17-9-6-5-7-10-17)20-15-19(22(2,3)4)14-18-11-8-12-23(24)21(18)20/h8,11-12,14-15,17H,1,5-7,9-10,13H2,2-4H3. The summed E-state index contributed by atoms with van der Waals surface area (Å²) in [6.07, 6.45) is 9.24. The van der Waals surface area contributed by atoms with Gasteiger partial charge in [0, 0.05) is 11.5 Å². The van der Waals surface area contributed by atoms with E-state index in [1.807, 2.05) is 12.1 Å². The van der Waals surface area contributed by atoms with Gasteiger partial charge in [-0.1, -0.05) is 59.5 Å². The van der Waals surface area contributed by atoms with Gasteiger partial charge >= 0.3 is 0 Å². The van der Waals surface area contributed by atoms with Crippen molar-refractivity contribution in [2.75, 3.05) is 0 Å². The molecule has 2 nitrogen and oxygen atoms in total. The molecule has 2 heteroatoms. The minimum Gasteiger partial charge on any atom is -0.618 e. The number of benzene rings is 1. The van der Waals surface area contributed by atoms with Crippen molar-refractivity contribution in [1.82, 2.24) is 0 Å². The molecule has 0 bridgehead atoms. The van der Waals surface area contributed by atoms with Gasteiger partial charge in [0.25, 0.3) is 0 Å². The van der Waals surface area contributed by atoms with Gasteiger partial charge in [-0.2, -0.15) is 4.73 Å². The van der Waals surface area contributed by atoms with Gasteiger partial charge in [0.2, 0.25) is 5.52 Å². The number of allylic oxidation sites excluding steroid dienone is 1. The van der Waals surface area contributed by atoms with Gasteiger partial charge < -0.3 is 5.21 Å². The van der Waals surface area contributed by atoms with Crippen LogP contribution in [0.1, 0.15) is 70.4 Å². The molecule has 1 aliphatic carbocycles. The Hall–Kier alpha value is -1.83. The van der Waals surface area contributed by atoms with Crippen LogP contribution in [-0.4, -0.2) is 0 Å². The Balaban J connectivity index is 2.05. The Bertz CT molecular complexity index is 748. The number of hydrogen-bond acceptors (Lipinski definition) is 1. The smallest absolute Gasteiger partial charge is 0.231 e. The SMILES string of the molecule is C=C(CC1CCCCC1)c1cc(C(C)(C)C)cc2ccc[n+]([O-])c12. The predicted octanol–water partition coefficient (Wildman–Crippen LogP) is 5.75. The number of aromatic nitrogens is 1. The molecule has 0 unspecified atom stereocenters. The van der Waals surface area contributed by atoms with E-state index < -0.39 is 0 Å². The zero-order valence-corrected chi connectivity index (χ0v) is 15.3. The molecule has 0 amide bonds. The van der Waals surface area contributed by atoms with Crippen LogP contribution < -0.4 is 4.73 Å². The molecule has 1 aliphatic rings. The quantitative estimate of drug-likeness (QED) is 0.521. The normalized spacial score (nSPS) is 16.5. The van der Waals surface area contributed by atoms with Crippen molar-refractivity contribution >= 4 is 16.5 Å². The second-order valence-electron chi connectivity index (χ2n) is 8.36. The van der Waals surface area contributed by atoms with E-state index in [4.69, 9.17) is 0 Å². The first-order valence-electron chi connectivity index (χ1n) is 9.21. The van der Waals surface area contributed by atoms with Crippen molar-refractivity contribution in [2.24, 2.45) is 5.92 Å². The summed E-state index contributed by atoms with van der Waals surface area (Å²) in [6, 6.07) is 8.22. The number of nitrogens with zero attached hydrogens (tertiary/aromatic N) is 1. The van der Waals surface area contributed by atoms with Crippen LogP contribution in [0.5, 0.6) is 0 Å². The van der Waals surface area contributed by atoms with E-state index in [0.29, 0.717) is 0 Å². The highest BCUT2D eigenvalue weighted by molar-refractivity contribution is 5.89. The second kappa shape index (κ2) is 6.58. The Labute approximate surface area is 145 Å². The van der Waals surface area contributed by atoms with Crippen LogP contribution in [0.4, 0.5) is 0 Å². The summed E-state index contributed by atoms with van der Waals surface area (Å²) < 4.78 is 1.00. The maximum Gasteiger partial charge on any atom is 0.231 e. The molecule has 1 heterocycles. The number of rotatable bonds is 3. The molecule has 0 aliphatic heterocycles. The van der Waals surface area contributed by atoms with Crippen LogP contribution in [-0.2, 0) is 5.41 Å². The molecule has 128 valence electrons. The van der Waals surface area contributed by atoms with Crippen LogP contribution in [0.3, 0.4) is 0 Å². The monoisotopic (exact) mass is 323 g/mol. The van der Waals surface area contributed by atoms with Crippen LogP contribution >= 0.6 is 0 Å². The Morgan fingerprint density at radius 2 is 1.92 bits per heavy atom. The minimum atomic E-state index is 0.0532. The van der Waals surface area contributed by atoms with Crippen molar-refractivity contribution in [3.05, 3.63) is 53.4 Å². The van der Waals surface area contributed by atoms with E-state index in [1.165, 1.54) is 37.7 Å². The zero-order chi connectivity index (χ0) is 17.3. The van der Waals surface area contributed by atoms with Gasteiger partial charge in [-0.15, -0.1) is 0 Å². The average molecular weight is 323 g/mol. The first-order valence-corrected chi connectivity index (χ1v) is 9.21. The Morgan fingerprint density at radius 1 is 1.21 bits per heavy atom. The Kier molecular flexibility index (Phi) is 4.67. The van der Waals surface area contributed by atoms with Crippen LogP contribution in [0, 0.1) is 11.1 Å². The lowest BCUT2D eigenvalue weighted by Gasteiger charge is -2.24. The highest BCUT2D eigenvalue weighted by Gasteiger charge is 2.22. The van der Waals surface area contributed by atoms with Gasteiger partial charge in [0.15, 0.2) is 6.20 Å². The van der Waals surface area contributed by atoms with E-state index in [1.54, 1.807) is 6.20 Å². The van der Waals surface area contributed by atoms with Gasteiger partial charge in [0.05, 0.1) is 5.56 Å². The van der Waals surface area contributed by atoms with Crippen LogP contribution in [0.2, 0.25) is 0 Å². The van der Waals surface area contributed by atoms with E-state index in [-0.39, 0.29) is 5.41 Å². The molecule has 0 radical (unpaired) electrons. The number of hydrogen-bond donors (Lipinski definition) is 0. The third-order valence-electron chi connectivity index (χ3n) is 5.36. The van der Waals surface area contributed by atoms with Crippen LogP contribution in [0.15, 0.2) is 37.0 Å². The molecule has 0 N–H and O–H groups in total. The lowest BCUT2D eigenvalue weighted by atomic mass is 9.81. The summed E-state index contributed by atoms with van der Waals surface area (Å²) in [6.45, 7) is 11.0. The molecule has 3 rings (SSSR count). The third-order valence-corrected chi connectivity index (χ3v) is 5.36. The van der Waals surface area contributed by atoms with Crippen molar-refractivity contribution in [3.8, 4) is 0 Å². The van der Waals surface area contributed by atoms with E-state index in [2.05, 4.69) is 39.5 Å². The van der Waals surface area contributed by atoms with E-state index in [0.717, 1.165) is 39.1 Å². The maximum absolute atomic E-state index is 12.4. The molecule has 0 spiro atoms. The predicted molar refractivity (Wildman–Crippen MR) is 102 cm³/mol. The van der Waals surface area contributed by atoms with Crippen molar-refractivity contribution < 1.29 is 4.73 Å². The fourth-order valence-electron chi connectivity index (χ4n) is 3.88. The summed E-state index contributed by atoms with van der Waals surface area (Å²) >= 11 is 0. The average Bonchev–Trinajstić information content (AvgIpc) is 2.54. The zero-order valence-electron chi connectivity index (χ0n) is 15.3. The molecule has 0 atom stereocenters. The molecule has 1 aromatic carbocycles. The molecule has 24 heavy (non-hydrogen) atoms. The summed E-state index contributed by atoms with van der Waals surface area (Å²) in [5.41, 5.74) is 4.25. The fourth-order valence-corrected chi connectivity index (χ4v) is 3.88. The topological polar surface area (TPSA) is 26.9 Å². The Morgan fingerprint density at radius 3 is 2.58 bits per heavy atom. The summed E-state index contributed by atoms with van der Waals surface area (Å²) in [5, 5.41) is 13.4. The van der Waals surface area contributed by atoms with Gasteiger partial charge in [-0.3, -0.25) is 0 Å². The van der Waals surface area contributed by atoms with E-state index >= 15 is 0 Å². The molecular weight excluding hydrogens is 294 g/mol. The van der Waals surface area contributed by atoms with Crippen molar-refractivity contribution in [2.45, 2.75) is 64.7 Å². The molecule has 2 aromatic rings.